The minimum absolute atomic E-state index is 0.0729. The highest BCUT2D eigenvalue weighted by molar-refractivity contribution is 7.10. The summed E-state index contributed by atoms with van der Waals surface area (Å²) in [7, 11) is 0. The maximum Gasteiger partial charge on any atom is 0.227 e. The molecule has 136 valence electrons. The summed E-state index contributed by atoms with van der Waals surface area (Å²) in [4.78, 5) is 28.2. The van der Waals surface area contributed by atoms with Crippen LogP contribution in [-0.2, 0) is 16.0 Å². The first kappa shape index (κ1) is 17.3. The number of hydrogen-bond donors (Lipinski definition) is 1. The molecule has 1 saturated carbocycles. The Labute approximate surface area is 158 Å². The average Bonchev–Trinajstić information content (AvgIpc) is 3.33. The van der Waals surface area contributed by atoms with Crippen LogP contribution in [0.5, 0.6) is 0 Å². The van der Waals surface area contributed by atoms with E-state index in [2.05, 4.69) is 16.8 Å². The third-order valence-corrected chi connectivity index (χ3v) is 6.61. The molecule has 1 fully saturated rings. The number of hydrogen-bond acceptors (Lipinski definition) is 3. The number of carbonyl (C=O) groups is 2. The lowest BCUT2D eigenvalue weighted by molar-refractivity contribution is -0.130. The molecule has 1 unspecified atom stereocenters. The van der Waals surface area contributed by atoms with Crippen LogP contribution in [0.25, 0.3) is 0 Å². The number of benzene rings is 1. The predicted molar refractivity (Wildman–Crippen MR) is 104 cm³/mol. The molecule has 1 atom stereocenters. The van der Waals surface area contributed by atoms with E-state index in [-0.39, 0.29) is 23.8 Å². The Morgan fingerprint density at radius 1 is 1.12 bits per heavy atom. The van der Waals surface area contributed by atoms with Crippen LogP contribution in [-0.4, -0.2) is 23.3 Å². The molecule has 2 aliphatic rings. The van der Waals surface area contributed by atoms with Crippen molar-refractivity contribution in [1.29, 1.82) is 0 Å². The van der Waals surface area contributed by atoms with Crippen molar-refractivity contribution in [3.05, 3.63) is 51.7 Å². The molecule has 1 N–H and O–H groups in total. The molecule has 4 nitrogen and oxygen atoms in total. The van der Waals surface area contributed by atoms with Gasteiger partial charge in [0.25, 0.3) is 0 Å². The van der Waals surface area contributed by atoms with Crippen LogP contribution in [0.15, 0.2) is 35.7 Å². The largest absolute Gasteiger partial charge is 0.331 e. The number of amides is 2. The number of fused-ring (bicyclic) bond motifs is 1. The molecule has 2 aromatic rings. The van der Waals surface area contributed by atoms with Gasteiger partial charge in [0.05, 0.1) is 6.04 Å². The zero-order chi connectivity index (χ0) is 18.1. The predicted octanol–water partition coefficient (Wildman–Crippen LogP) is 4.37. The van der Waals surface area contributed by atoms with Crippen molar-refractivity contribution in [2.75, 3.05) is 11.9 Å². The van der Waals surface area contributed by atoms with Crippen LogP contribution < -0.4 is 5.32 Å². The summed E-state index contributed by atoms with van der Waals surface area (Å²) in [6.45, 7) is 2.35. The third-order valence-electron chi connectivity index (χ3n) is 5.61. The smallest absolute Gasteiger partial charge is 0.227 e. The number of rotatable bonds is 3. The third kappa shape index (κ3) is 3.16. The molecule has 4 rings (SSSR count). The zero-order valence-corrected chi connectivity index (χ0v) is 15.8. The number of thiophene rings is 1. The second kappa shape index (κ2) is 7.23. The monoisotopic (exact) mass is 368 g/mol. The first-order valence-electron chi connectivity index (χ1n) is 9.38. The van der Waals surface area contributed by atoms with Crippen molar-refractivity contribution in [3.63, 3.8) is 0 Å². The van der Waals surface area contributed by atoms with Crippen molar-refractivity contribution in [3.8, 4) is 0 Å². The Balaban J connectivity index is 1.70. The highest BCUT2D eigenvalue weighted by atomic mass is 32.1. The van der Waals surface area contributed by atoms with Gasteiger partial charge in [0, 0.05) is 35.5 Å². The zero-order valence-electron chi connectivity index (χ0n) is 15.0. The van der Waals surface area contributed by atoms with E-state index < -0.39 is 0 Å². The molecular weight excluding hydrogens is 344 g/mol. The van der Waals surface area contributed by atoms with Crippen molar-refractivity contribution >= 4 is 28.8 Å². The fraction of sp³-hybridized carbons (Fsp3) is 0.429. The molecule has 2 amide bonds. The summed E-state index contributed by atoms with van der Waals surface area (Å²) in [5, 5.41) is 5.26. The van der Waals surface area contributed by atoms with Crippen LogP contribution >= 0.6 is 11.3 Å². The van der Waals surface area contributed by atoms with Gasteiger partial charge in [-0.3, -0.25) is 9.59 Å². The lowest BCUT2D eigenvalue weighted by atomic mass is 9.92. The lowest BCUT2D eigenvalue weighted by Gasteiger charge is -2.36. The summed E-state index contributed by atoms with van der Waals surface area (Å²) < 4.78 is 0. The van der Waals surface area contributed by atoms with Gasteiger partial charge in [-0.05, 0) is 42.3 Å². The maximum atomic E-state index is 12.7. The SMILES string of the molecule is CC(=O)N1CCc2sccc2C1c1ccccc1NC(=O)C1CCCC1. The van der Waals surface area contributed by atoms with E-state index >= 15 is 0 Å². The molecule has 2 heterocycles. The first-order valence-corrected chi connectivity index (χ1v) is 10.3. The van der Waals surface area contributed by atoms with Crippen molar-refractivity contribution in [2.24, 2.45) is 5.92 Å². The van der Waals surface area contributed by atoms with Gasteiger partial charge < -0.3 is 10.2 Å². The summed E-state index contributed by atoms with van der Waals surface area (Å²) in [6, 6.07) is 9.93. The van der Waals surface area contributed by atoms with Crippen LogP contribution in [0.1, 0.15) is 54.7 Å². The van der Waals surface area contributed by atoms with Crippen molar-refractivity contribution < 1.29 is 9.59 Å². The van der Waals surface area contributed by atoms with Crippen molar-refractivity contribution in [2.45, 2.75) is 45.1 Å². The van der Waals surface area contributed by atoms with E-state index in [0.717, 1.165) is 49.9 Å². The summed E-state index contributed by atoms with van der Waals surface area (Å²) in [6.07, 6.45) is 5.13. The van der Waals surface area contributed by atoms with Gasteiger partial charge in [-0.1, -0.05) is 31.0 Å². The second-order valence-electron chi connectivity index (χ2n) is 7.22. The minimum Gasteiger partial charge on any atom is -0.331 e. The lowest BCUT2D eigenvalue weighted by Crippen LogP contribution is -2.39. The van der Waals surface area contributed by atoms with Gasteiger partial charge in [0.15, 0.2) is 0 Å². The fourth-order valence-electron chi connectivity index (χ4n) is 4.26. The molecular formula is C21H24N2O2S. The Bertz CT molecular complexity index is 823. The molecule has 0 spiro atoms. The topological polar surface area (TPSA) is 49.4 Å². The summed E-state index contributed by atoms with van der Waals surface area (Å²) in [5.41, 5.74) is 3.03. The Morgan fingerprint density at radius 3 is 2.65 bits per heavy atom. The van der Waals surface area contributed by atoms with Crippen LogP contribution in [0.3, 0.4) is 0 Å². The number of para-hydroxylation sites is 1. The second-order valence-corrected chi connectivity index (χ2v) is 8.22. The van der Waals surface area contributed by atoms with E-state index in [1.54, 1.807) is 18.3 Å². The maximum absolute atomic E-state index is 12.7. The minimum atomic E-state index is -0.123. The van der Waals surface area contributed by atoms with Gasteiger partial charge in [-0.2, -0.15) is 0 Å². The van der Waals surface area contributed by atoms with Crippen LogP contribution in [0, 0.1) is 5.92 Å². The first-order chi connectivity index (χ1) is 12.6. The van der Waals surface area contributed by atoms with Gasteiger partial charge in [-0.25, -0.2) is 0 Å². The number of nitrogens with zero attached hydrogens (tertiary/aromatic N) is 1. The molecule has 1 aromatic carbocycles. The highest BCUT2D eigenvalue weighted by Gasteiger charge is 2.33. The van der Waals surface area contributed by atoms with Gasteiger partial charge in [0.1, 0.15) is 0 Å². The van der Waals surface area contributed by atoms with E-state index in [4.69, 9.17) is 0 Å². The quantitative estimate of drug-likeness (QED) is 0.874. The van der Waals surface area contributed by atoms with E-state index in [9.17, 15) is 9.59 Å². The Morgan fingerprint density at radius 2 is 1.88 bits per heavy atom. The Hall–Kier alpha value is -2.14. The van der Waals surface area contributed by atoms with E-state index in [0.29, 0.717) is 0 Å². The van der Waals surface area contributed by atoms with Crippen LogP contribution in [0.2, 0.25) is 0 Å². The molecule has 1 aliphatic heterocycles. The number of nitrogens with one attached hydrogen (secondary N) is 1. The van der Waals surface area contributed by atoms with Crippen molar-refractivity contribution in [1.82, 2.24) is 4.90 Å². The summed E-state index contributed by atoms with van der Waals surface area (Å²) >= 11 is 1.75. The molecule has 0 saturated heterocycles. The van der Waals surface area contributed by atoms with Gasteiger partial charge >= 0.3 is 0 Å². The number of anilines is 1. The molecule has 5 heteroatoms. The van der Waals surface area contributed by atoms with E-state index in [1.165, 1.54) is 10.4 Å². The molecule has 0 radical (unpaired) electrons. The molecule has 1 aromatic heterocycles. The van der Waals surface area contributed by atoms with Gasteiger partial charge in [0.2, 0.25) is 11.8 Å². The summed E-state index contributed by atoms with van der Waals surface area (Å²) in [5.74, 6) is 0.310. The molecule has 0 bridgehead atoms. The fourth-order valence-corrected chi connectivity index (χ4v) is 5.17. The highest BCUT2D eigenvalue weighted by Crippen LogP contribution is 2.40. The standard InChI is InChI=1S/C21H24N2O2S/c1-14(24)23-12-10-19-17(11-13-26-19)20(23)16-8-4-5-9-18(16)22-21(25)15-6-2-3-7-15/h4-5,8-9,11,13,15,20H,2-3,6-7,10,12H2,1H3,(H,22,25). The van der Waals surface area contributed by atoms with Gasteiger partial charge in [-0.15, -0.1) is 11.3 Å². The molecule has 1 aliphatic carbocycles. The van der Waals surface area contributed by atoms with Crippen LogP contribution in [0.4, 0.5) is 5.69 Å². The Kier molecular flexibility index (Phi) is 4.81. The molecule has 26 heavy (non-hydrogen) atoms. The van der Waals surface area contributed by atoms with E-state index in [1.807, 2.05) is 29.2 Å². The number of carbonyl (C=O) groups excluding carboxylic acids is 2. The average molecular weight is 369 g/mol. The normalized spacial score (nSPS) is 20.0.